The Labute approximate surface area is 170 Å². The van der Waals surface area contributed by atoms with Crippen LogP contribution in [0, 0.1) is 0 Å². The summed E-state index contributed by atoms with van der Waals surface area (Å²) >= 11 is 1.41. The Balaban J connectivity index is 1.48. The van der Waals surface area contributed by atoms with Crippen LogP contribution >= 0.6 is 11.8 Å². The lowest BCUT2D eigenvalue weighted by Crippen LogP contribution is -2.40. The van der Waals surface area contributed by atoms with Crippen molar-refractivity contribution in [3.63, 3.8) is 0 Å². The lowest BCUT2D eigenvalue weighted by molar-refractivity contribution is -0.119. The van der Waals surface area contributed by atoms with Crippen molar-refractivity contribution in [1.82, 2.24) is 25.0 Å². The molecule has 3 rings (SSSR count). The molecule has 1 aliphatic heterocycles. The molecule has 1 aromatic carbocycles. The number of aromatic nitrogens is 3. The van der Waals surface area contributed by atoms with Gasteiger partial charge in [0.05, 0.1) is 24.7 Å². The highest BCUT2D eigenvalue weighted by atomic mass is 32.2. The summed E-state index contributed by atoms with van der Waals surface area (Å²) < 4.78 is 7.32. The number of morpholine rings is 1. The topological polar surface area (TPSA) is 72.3 Å². The van der Waals surface area contributed by atoms with Gasteiger partial charge in [0.2, 0.25) is 5.91 Å². The molecule has 1 aliphatic rings. The first-order valence-electron chi connectivity index (χ1n) is 9.88. The Morgan fingerprint density at radius 1 is 1.32 bits per heavy atom. The third kappa shape index (κ3) is 5.80. The van der Waals surface area contributed by atoms with E-state index in [1.54, 1.807) is 6.33 Å². The monoisotopic (exact) mass is 403 g/mol. The molecule has 2 aromatic rings. The molecule has 152 valence electrons. The van der Waals surface area contributed by atoms with Gasteiger partial charge in [-0.1, -0.05) is 36.9 Å². The molecular formula is C20H29N5O2S. The van der Waals surface area contributed by atoms with Crippen LogP contribution in [-0.2, 0) is 16.0 Å². The van der Waals surface area contributed by atoms with E-state index >= 15 is 0 Å². The molecule has 1 amide bonds. The molecule has 1 aromatic heterocycles. The van der Waals surface area contributed by atoms with Crippen molar-refractivity contribution in [3.8, 4) is 5.69 Å². The van der Waals surface area contributed by atoms with E-state index in [0.717, 1.165) is 56.5 Å². The molecule has 0 spiro atoms. The number of nitrogens with zero attached hydrogens (tertiary/aromatic N) is 4. The number of aryl methyl sites for hydroxylation is 1. The number of amides is 1. The average Bonchev–Trinajstić information content (AvgIpc) is 3.20. The Kier molecular flexibility index (Phi) is 7.88. The summed E-state index contributed by atoms with van der Waals surface area (Å²) in [5.41, 5.74) is 2.29. The van der Waals surface area contributed by atoms with Crippen LogP contribution in [-0.4, -0.2) is 70.2 Å². The average molecular weight is 404 g/mol. The second-order valence-corrected chi connectivity index (χ2v) is 7.91. The second kappa shape index (κ2) is 10.6. The minimum Gasteiger partial charge on any atom is -0.379 e. The smallest absolute Gasteiger partial charge is 0.230 e. The zero-order valence-electron chi connectivity index (χ0n) is 16.6. The Hall–Kier alpha value is -1.90. The number of rotatable bonds is 9. The second-order valence-electron chi connectivity index (χ2n) is 6.97. The highest BCUT2D eigenvalue weighted by Gasteiger charge is 2.15. The first kappa shape index (κ1) is 20.8. The van der Waals surface area contributed by atoms with Gasteiger partial charge in [0.25, 0.3) is 0 Å². The van der Waals surface area contributed by atoms with Gasteiger partial charge in [-0.15, -0.1) is 10.2 Å². The molecule has 1 unspecified atom stereocenters. The molecule has 0 bridgehead atoms. The largest absolute Gasteiger partial charge is 0.379 e. The van der Waals surface area contributed by atoms with Crippen molar-refractivity contribution < 1.29 is 9.53 Å². The zero-order valence-corrected chi connectivity index (χ0v) is 17.5. The van der Waals surface area contributed by atoms with E-state index in [-0.39, 0.29) is 11.9 Å². The quantitative estimate of drug-likeness (QED) is 0.647. The van der Waals surface area contributed by atoms with E-state index in [4.69, 9.17) is 4.74 Å². The predicted octanol–water partition coefficient (Wildman–Crippen LogP) is 2.15. The number of carbonyl (C=O) groups is 1. The molecule has 0 radical (unpaired) electrons. The van der Waals surface area contributed by atoms with Gasteiger partial charge >= 0.3 is 0 Å². The Morgan fingerprint density at radius 3 is 2.89 bits per heavy atom. The number of hydrogen-bond acceptors (Lipinski definition) is 6. The Bertz CT molecular complexity index is 761. The van der Waals surface area contributed by atoms with Gasteiger partial charge in [-0.3, -0.25) is 14.3 Å². The van der Waals surface area contributed by atoms with Crippen LogP contribution in [0.25, 0.3) is 5.69 Å². The van der Waals surface area contributed by atoms with Crippen LogP contribution in [0.2, 0.25) is 0 Å². The molecule has 28 heavy (non-hydrogen) atoms. The summed E-state index contributed by atoms with van der Waals surface area (Å²) in [5.74, 6) is 0.354. The van der Waals surface area contributed by atoms with Gasteiger partial charge in [-0.2, -0.15) is 0 Å². The summed E-state index contributed by atoms with van der Waals surface area (Å²) in [6.07, 6.45) is 3.58. The number of benzene rings is 1. The van der Waals surface area contributed by atoms with Crippen molar-refractivity contribution in [2.45, 2.75) is 37.9 Å². The van der Waals surface area contributed by atoms with Crippen molar-refractivity contribution in [3.05, 3.63) is 36.2 Å². The standard InChI is InChI=1S/C20H29N5O2S/c1-3-17-6-4-5-7-18(17)25-15-21-23-20(25)28-14-19(26)22-16(2)8-9-24-10-12-27-13-11-24/h4-7,15-16H,3,8-14H2,1-2H3,(H,22,26). The maximum atomic E-state index is 12.3. The molecule has 7 nitrogen and oxygen atoms in total. The molecule has 1 fully saturated rings. The highest BCUT2D eigenvalue weighted by Crippen LogP contribution is 2.22. The van der Waals surface area contributed by atoms with Crippen molar-refractivity contribution in [2.75, 3.05) is 38.6 Å². The van der Waals surface area contributed by atoms with Gasteiger partial charge < -0.3 is 10.1 Å². The SMILES string of the molecule is CCc1ccccc1-n1cnnc1SCC(=O)NC(C)CCN1CCOCC1. The van der Waals surface area contributed by atoms with Crippen LogP contribution in [0.15, 0.2) is 35.7 Å². The van der Waals surface area contributed by atoms with E-state index in [1.807, 2.05) is 16.7 Å². The van der Waals surface area contributed by atoms with E-state index in [9.17, 15) is 4.79 Å². The summed E-state index contributed by atoms with van der Waals surface area (Å²) in [7, 11) is 0. The minimum absolute atomic E-state index is 0.0257. The normalized spacial score (nSPS) is 16.1. The minimum atomic E-state index is 0.0257. The lowest BCUT2D eigenvalue weighted by atomic mass is 10.1. The van der Waals surface area contributed by atoms with E-state index < -0.39 is 0 Å². The van der Waals surface area contributed by atoms with Crippen LogP contribution in [0.3, 0.4) is 0 Å². The van der Waals surface area contributed by atoms with Gasteiger partial charge in [-0.05, 0) is 31.4 Å². The molecule has 1 saturated heterocycles. The van der Waals surface area contributed by atoms with Gasteiger partial charge in [0, 0.05) is 25.7 Å². The maximum Gasteiger partial charge on any atom is 0.230 e. The van der Waals surface area contributed by atoms with Crippen molar-refractivity contribution in [1.29, 1.82) is 0 Å². The summed E-state index contributed by atoms with van der Waals surface area (Å²) in [4.78, 5) is 14.7. The molecular weight excluding hydrogens is 374 g/mol. The number of ether oxygens (including phenoxy) is 1. The van der Waals surface area contributed by atoms with Gasteiger partial charge in [0.15, 0.2) is 5.16 Å². The van der Waals surface area contributed by atoms with Crippen LogP contribution < -0.4 is 5.32 Å². The van der Waals surface area contributed by atoms with Crippen LogP contribution in [0.5, 0.6) is 0 Å². The molecule has 1 atom stereocenters. The summed E-state index contributed by atoms with van der Waals surface area (Å²) in [6.45, 7) is 8.74. The molecule has 0 saturated carbocycles. The number of thioether (sulfide) groups is 1. The fraction of sp³-hybridized carbons (Fsp3) is 0.550. The first-order valence-corrected chi connectivity index (χ1v) is 10.9. The Morgan fingerprint density at radius 2 is 2.11 bits per heavy atom. The first-order chi connectivity index (χ1) is 13.7. The van der Waals surface area contributed by atoms with Crippen molar-refractivity contribution in [2.24, 2.45) is 0 Å². The highest BCUT2D eigenvalue weighted by molar-refractivity contribution is 7.99. The number of hydrogen-bond donors (Lipinski definition) is 1. The zero-order chi connectivity index (χ0) is 19.8. The van der Waals surface area contributed by atoms with Crippen molar-refractivity contribution >= 4 is 17.7 Å². The molecule has 0 aliphatic carbocycles. The molecule has 2 heterocycles. The third-order valence-electron chi connectivity index (χ3n) is 4.87. The number of para-hydroxylation sites is 1. The summed E-state index contributed by atoms with van der Waals surface area (Å²) in [6, 6.07) is 8.35. The lowest BCUT2D eigenvalue weighted by Gasteiger charge is -2.27. The van der Waals surface area contributed by atoms with E-state index in [2.05, 4.69) is 46.4 Å². The fourth-order valence-corrected chi connectivity index (χ4v) is 3.99. The summed E-state index contributed by atoms with van der Waals surface area (Å²) in [5, 5.41) is 12.1. The van der Waals surface area contributed by atoms with Crippen LogP contribution in [0.1, 0.15) is 25.8 Å². The van der Waals surface area contributed by atoms with E-state index in [0.29, 0.717) is 5.75 Å². The molecule has 1 N–H and O–H groups in total. The van der Waals surface area contributed by atoms with Crippen LogP contribution in [0.4, 0.5) is 0 Å². The third-order valence-corrected chi connectivity index (χ3v) is 5.81. The number of carbonyl (C=O) groups excluding carboxylic acids is 1. The fourth-order valence-electron chi connectivity index (χ4n) is 3.25. The predicted molar refractivity (Wildman–Crippen MR) is 111 cm³/mol. The maximum absolute atomic E-state index is 12.3. The van der Waals surface area contributed by atoms with Gasteiger partial charge in [-0.25, -0.2) is 0 Å². The van der Waals surface area contributed by atoms with E-state index in [1.165, 1.54) is 17.3 Å². The molecule has 8 heteroatoms. The number of nitrogens with one attached hydrogen (secondary N) is 1. The van der Waals surface area contributed by atoms with Gasteiger partial charge in [0.1, 0.15) is 6.33 Å².